The number of likely N-dealkylation sites (N-methyl/N-ethyl adjacent to an activating group) is 1. The van der Waals surface area contributed by atoms with E-state index in [9.17, 15) is 19.2 Å². The monoisotopic (exact) mass is 658 g/mol. The van der Waals surface area contributed by atoms with Gasteiger partial charge in [-0.05, 0) is 29.9 Å². The Balaban J connectivity index is 1.21. The fourth-order valence-corrected chi connectivity index (χ4v) is 6.95. The molecule has 0 bridgehead atoms. The summed E-state index contributed by atoms with van der Waals surface area (Å²) < 4.78 is 25.1. The lowest BCUT2D eigenvalue weighted by molar-refractivity contribution is -0.164. The molecule has 0 radical (unpaired) electrons. The van der Waals surface area contributed by atoms with Crippen molar-refractivity contribution in [2.45, 2.75) is 58.2 Å². The summed E-state index contributed by atoms with van der Waals surface area (Å²) in [5.74, 6) is -2.23. The van der Waals surface area contributed by atoms with Crippen molar-refractivity contribution in [3.63, 3.8) is 0 Å². The summed E-state index contributed by atoms with van der Waals surface area (Å²) in [5.41, 5.74) is -1.89. The maximum atomic E-state index is 17.5. The Bertz CT molecular complexity index is 1670. The number of nitrogens with one attached hydrogen (secondary N) is 2. The molecule has 2 aliphatic heterocycles. The van der Waals surface area contributed by atoms with Crippen molar-refractivity contribution >= 4 is 23.6 Å². The van der Waals surface area contributed by atoms with Crippen LogP contribution in [0.25, 0.3) is 0 Å². The summed E-state index contributed by atoms with van der Waals surface area (Å²) in [4.78, 5) is 57.0. The summed E-state index contributed by atoms with van der Waals surface area (Å²) >= 11 is 0. The molecule has 2 N–H and O–H groups in total. The molecule has 2 aromatic carbocycles. The second-order valence-corrected chi connectivity index (χ2v) is 14.2. The number of hydrogen-bond donors (Lipinski definition) is 2. The van der Waals surface area contributed by atoms with Crippen LogP contribution in [0, 0.1) is 16.7 Å². The highest BCUT2D eigenvalue weighted by Gasteiger charge is 2.70. The number of hydrogen-bond acceptors (Lipinski definition) is 6. The minimum absolute atomic E-state index is 0.00984. The van der Waals surface area contributed by atoms with Gasteiger partial charge in [-0.25, -0.2) is 4.39 Å². The molecule has 1 aromatic heterocycles. The summed E-state index contributed by atoms with van der Waals surface area (Å²) in [7, 11) is 1.43. The number of carbonyl (C=O) groups excluding carboxylic acids is 4. The number of rotatable bonds is 11. The minimum atomic E-state index is -2.58. The van der Waals surface area contributed by atoms with Gasteiger partial charge in [0, 0.05) is 38.8 Å². The van der Waals surface area contributed by atoms with Crippen LogP contribution in [0.1, 0.15) is 48.7 Å². The topological polar surface area (TPSA) is 126 Å². The maximum Gasteiger partial charge on any atom is 0.261 e. The van der Waals surface area contributed by atoms with Crippen LogP contribution in [0.2, 0.25) is 0 Å². The molecule has 1 unspecified atom stereocenters. The molecule has 12 heteroatoms. The number of halogens is 1. The van der Waals surface area contributed by atoms with Gasteiger partial charge in [0.15, 0.2) is 0 Å². The summed E-state index contributed by atoms with van der Waals surface area (Å²) in [5, 5.41) is 9.49. The van der Waals surface area contributed by atoms with Gasteiger partial charge in [-0.15, -0.1) is 0 Å². The third-order valence-electron chi connectivity index (χ3n) is 10.2. The van der Waals surface area contributed by atoms with Crippen LogP contribution in [-0.4, -0.2) is 94.3 Å². The van der Waals surface area contributed by atoms with Gasteiger partial charge < -0.3 is 25.2 Å². The first-order valence-electron chi connectivity index (χ1n) is 16.4. The zero-order chi connectivity index (χ0) is 34.3. The molecule has 3 fully saturated rings. The van der Waals surface area contributed by atoms with E-state index in [4.69, 9.17) is 4.74 Å². The van der Waals surface area contributed by atoms with Crippen LogP contribution in [0.5, 0.6) is 0 Å². The van der Waals surface area contributed by atoms with E-state index in [2.05, 4.69) is 15.7 Å². The van der Waals surface area contributed by atoms with Crippen LogP contribution < -0.4 is 10.6 Å². The summed E-state index contributed by atoms with van der Waals surface area (Å²) in [6.45, 7) is 5.70. The molecule has 254 valence electrons. The van der Waals surface area contributed by atoms with Gasteiger partial charge in [-0.1, -0.05) is 74.5 Å². The molecular formula is C36H43FN6O5. The lowest BCUT2D eigenvalue weighted by atomic mass is 9.68. The second kappa shape index (κ2) is 12.8. The average molecular weight is 659 g/mol. The lowest BCUT2D eigenvalue weighted by Gasteiger charge is -2.52. The van der Waals surface area contributed by atoms with E-state index in [1.165, 1.54) is 18.1 Å². The van der Waals surface area contributed by atoms with E-state index in [1.54, 1.807) is 22.7 Å². The number of alkyl halides is 1. The van der Waals surface area contributed by atoms with Crippen LogP contribution in [-0.2, 0) is 32.3 Å². The van der Waals surface area contributed by atoms with Crippen molar-refractivity contribution in [1.29, 1.82) is 0 Å². The van der Waals surface area contributed by atoms with E-state index in [1.807, 2.05) is 74.5 Å². The first-order chi connectivity index (χ1) is 22.9. The number of aromatic nitrogens is 2. The highest BCUT2D eigenvalue weighted by molar-refractivity contribution is 5.97. The van der Waals surface area contributed by atoms with Gasteiger partial charge in [0.2, 0.25) is 17.5 Å². The normalized spacial score (nSPS) is 23.2. The lowest BCUT2D eigenvalue weighted by Crippen LogP contribution is -2.71. The number of carbonyl (C=O) groups is 4. The molecule has 1 spiro atoms. The molecule has 2 saturated heterocycles. The van der Waals surface area contributed by atoms with Crippen LogP contribution in [0.15, 0.2) is 73.1 Å². The van der Waals surface area contributed by atoms with Gasteiger partial charge in [0.05, 0.1) is 43.0 Å². The molecule has 48 heavy (non-hydrogen) atoms. The van der Waals surface area contributed by atoms with Crippen LogP contribution >= 0.6 is 0 Å². The Hall–Kier alpha value is -4.58. The highest BCUT2D eigenvalue weighted by Crippen LogP contribution is 2.56. The number of likely N-dealkylation sites (tertiary alicyclic amines) is 2. The molecule has 3 aliphatic rings. The Morgan fingerprint density at radius 2 is 1.56 bits per heavy atom. The van der Waals surface area contributed by atoms with Crippen LogP contribution in [0.3, 0.4) is 0 Å². The quantitative estimate of drug-likeness (QED) is 0.327. The molecule has 1 aliphatic carbocycles. The number of ether oxygens (including phenoxy) is 1. The zero-order valence-corrected chi connectivity index (χ0v) is 27.8. The Morgan fingerprint density at radius 1 is 0.958 bits per heavy atom. The second-order valence-electron chi connectivity index (χ2n) is 14.2. The number of nitrogens with zero attached hydrogens (tertiary/aromatic N) is 4. The Morgan fingerprint density at radius 3 is 2.17 bits per heavy atom. The van der Waals surface area contributed by atoms with Gasteiger partial charge in [-0.2, -0.15) is 5.10 Å². The number of benzene rings is 2. The van der Waals surface area contributed by atoms with Crippen molar-refractivity contribution in [2.75, 3.05) is 33.2 Å². The fraction of sp³-hybridized carbons (Fsp3) is 0.472. The van der Waals surface area contributed by atoms with Gasteiger partial charge >= 0.3 is 0 Å². The van der Waals surface area contributed by atoms with Crippen molar-refractivity contribution in [3.05, 3.63) is 89.7 Å². The molecule has 3 aromatic rings. The van der Waals surface area contributed by atoms with Crippen molar-refractivity contribution in [3.8, 4) is 0 Å². The predicted molar refractivity (Wildman–Crippen MR) is 175 cm³/mol. The van der Waals surface area contributed by atoms with E-state index < -0.39 is 47.5 Å². The van der Waals surface area contributed by atoms with Gasteiger partial charge in [0.25, 0.3) is 11.8 Å². The minimum Gasteiger partial charge on any atom is -0.371 e. The molecule has 4 amide bonds. The molecular weight excluding hydrogens is 615 g/mol. The molecule has 11 nitrogen and oxygen atoms in total. The molecule has 1 saturated carbocycles. The first-order valence-corrected chi connectivity index (χ1v) is 16.4. The van der Waals surface area contributed by atoms with Crippen LogP contribution in [0.4, 0.5) is 4.39 Å². The Kier molecular flexibility index (Phi) is 8.88. The van der Waals surface area contributed by atoms with Crippen molar-refractivity contribution < 1.29 is 28.3 Å². The maximum absolute atomic E-state index is 17.5. The summed E-state index contributed by atoms with van der Waals surface area (Å²) in [6.07, 6.45) is 3.00. The largest absolute Gasteiger partial charge is 0.371 e. The van der Waals surface area contributed by atoms with Crippen molar-refractivity contribution in [1.82, 2.24) is 30.2 Å². The third kappa shape index (κ3) is 6.33. The van der Waals surface area contributed by atoms with E-state index in [0.29, 0.717) is 6.54 Å². The van der Waals surface area contributed by atoms with E-state index >= 15 is 4.39 Å². The van der Waals surface area contributed by atoms with Gasteiger partial charge in [0.1, 0.15) is 6.04 Å². The van der Waals surface area contributed by atoms with E-state index in [-0.39, 0.29) is 49.0 Å². The zero-order valence-electron chi connectivity index (χ0n) is 27.8. The summed E-state index contributed by atoms with van der Waals surface area (Å²) in [6, 6.07) is 17.8. The molecule has 3 heterocycles. The predicted octanol–water partition coefficient (Wildman–Crippen LogP) is 2.81. The number of amides is 4. The third-order valence-corrected chi connectivity index (χ3v) is 10.2. The van der Waals surface area contributed by atoms with Crippen molar-refractivity contribution in [2.24, 2.45) is 16.7 Å². The van der Waals surface area contributed by atoms with Gasteiger partial charge in [-0.3, -0.25) is 23.9 Å². The first kappa shape index (κ1) is 33.3. The standard InChI is InChI=1S/C36H43FN6O5/c1-24(48-19-26-13-9-6-10-14-26)29(30(44)38-4)40-33(47)36(37)23-42(22-35(36)20-41(21-35)32(46)28-15-34(28,2)3)31(45)27-16-39-43(18-27)17-25-11-7-5-8-12-25/h5-14,16,18,24,28-29H,15,17,19-23H2,1-4H3,(H,38,44)(H,40,47)/t24-,28-,29+,36?/m1/s1. The van der Waals surface area contributed by atoms with E-state index in [0.717, 1.165) is 17.5 Å². The smallest absolute Gasteiger partial charge is 0.261 e. The fourth-order valence-electron chi connectivity index (χ4n) is 6.95. The molecule has 4 atom stereocenters. The SMILES string of the molecule is CNC(=O)[C@@H](NC(=O)C1(F)CN(C(=O)c2cnn(Cc3ccccc3)c2)CC12CN(C(=O)[C@H]1CC1(C)C)C2)[C@@H](C)OCc1ccccc1. The Labute approximate surface area is 279 Å². The average Bonchev–Trinajstić information content (AvgIpc) is 3.35. The molecule has 6 rings (SSSR count). The highest BCUT2D eigenvalue weighted by atomic mass is 19.1.